The van der Waals surface area contributed by atoms with E-state index in [4.69, 9.17) is 11.6 Å². The van der Waals surface area contributed by atoms with Crippen LogP contribution in [0.1, 0.15) is 18.9 Å². The lowest BCUT2D eigenvalue weighted by atomic mass is 10.1. The van der Waals surface area contributed by atoms with E-state index in [1.54, 1.807) is 0 Å². The largest absolute Gasteiger partial charge is 0.306 e. The van der Waals surface area contributed by atoms with Gasteiger partial charge in [0.25, 0.3) is 0 Å². The van der Waals surface area contributed by atoms with Crippen molar-refractivity contribution >= 4 is 11.6 Å². The fourth-order valence-electron chi connectivity index (χ4n) is 2.93. The first-order valence-electron chi connectivity index (χ1n) is 7.98. The summed E-state index contributed by atoms with van der Waals surface area (Å²) in [6.45, 7) is 2.17. The molecule has 2 aromatic heterocycles. The first-order valence-corrected chi connectivity index (χ1v) is 8.36. The summed E-state index contributed by atoms with van der Waals surface area (Å²) in [6.07, 6.45) is 4.12. The van der Waals surface area contributed by atoms with Gasteiger partial charge in [-0.25, -0.2) is 9.67 Å². The van der Waals surface area contributed by atoms with Crippen LogP contribution in [0.4, 0.5) is 0 Å². The standard InChI is InChI=1S/C16H18ClN7/c1-23-8-6-13(7-9-23)24-10-14(19-22-24)16-18-15(20-21-16)11-2-4-12(17)5-3-11/h2-5,10,13H,6-9H2,1H3,(H,18,20,21). The Morgan fingerprint density at radius 2 is 1.92 bits per heavy atom. The Morgan fingerprint density at radius 1 is 1.17 bits per heavy atom. The van der Waals surface area contributed by atoms with E-state index in [2.05, 4.69) is 37.4 Å². The zero-order valence-electron chi connectivity index (χ0n) is 13.4. The molecule has 24 heavy (non-hydrogen) atoms. The summed E-state index contributed by atoms with van der Waals surface area (Å²) >= 11 is 5.91. The van der Waals surface area contributed by atoms with Crippen molar-refractivity contribution in [1.29, 1.82) is 0 Å². The van der Waals surface area contributed by atoms with Crippen LogP contribution in [-0.2, 0) is 0 Å². The number of nitrogens with zero attached hydrogens (tertiary/aromatic N) is 6. The van der Waals surface area contributed by atoms with Crippen molar-refractivity contribution in [3.8, 4) is 22.9 Å². The summed E-state index contributed by atoms with van der Waals surface area (Å²) in [5.74, 6) is 1.25. The summed E-state index contributed by atoms with van der Waals surface area (Å²) in [4.78, 5) is 6.85. The number of benzene rings is 1. The third-order valence-electron chi connectivity index (χ3n) is 4.40. The van der Waals surface area contributed by atoms with Crippen LogP contribution in [-0.4, -0.2) is 55.2 Å². The number of H-pyrrole nitrogens is 1. The lowest BCUT2D eigenvalue weighted by Crippen LogP contribution is -2.31. The smallest absolute Gasteiger partial charge is 0.181 e. The molecule has 124 valence electrons. The number of halogens is 1. The molecule has 8 heteroatoms. The number of aromatic amines is 1. The summed E-state index contributed by atoms with van der Waals surface area (Å²) < 4.78 is 1.95. The van der Waals surface area contributed by atoms with E-state index in [1.165, 1.54) is 0 Å². The Kier molecular flexibility index (Phi) is 4.03. The van der Waals surface area contributed by atoms with E-state index in [1.807, 2.05) is 35.1 Å². The van der Waals surface area contributed by atoms with Crippen molar-refractivity contribution in [2.24, 2.45) is 0 Å². The molecule has 4 rings (SSSR count). The lowest BCUT2D eigenvalue weighted by molar-refractivity contribution is 0.210. The van der Waals surface area contributed by atoms with Gasteiger partial charge < -0.3 is 4.90 Å². The monoisotopic (exact) mass is 343 g/mol. The minimum Gasteiger partial charge on any atom is -0.306 e. The summed E-state index contributed by atoms with van der Waals surface area (Å²) in [7, 11) is 2.15. The third-order valence-corrected chi connectivity index (χ3v) is 4.65. The Labute approximate surface area is 144 Å². The highest BCUT2D eigenvalue weighted by Gasteiger charge is 2.20. The minimum atomic E-state index is 0.404. The highest BCUT2D eigenvalue weighted by molar-refractivity contribution is 6.30. The quantitative estimate of drug-likeness (QED) is 0.791. The van der Waals surface area contributed by atoms with Crippen LogP contribution in [0.2, 0.25) is 5.02 Å². The van der Waals surface area contributed by atoms with Crippen molar-refractivity contribution in [1.82, 2.24) is 35.1 Å². The van der Waals surface area contributed by atoms with E-state index in [0.717, 1.165) is 31.5 Å². The maximum Gasteiger partial charge on any atom is 0.181 e. The number of nitrogens with one attached hydrogen (secondary N) is 1. The third kappa shape index (κ3) is 3.05. The normalized spacial score (nSPS) is 16.6. The average Bonchev–Trinajstić information content (AvgIpc) is 3.25. The molecular weight excluding hydrogens is 326 g/mol. The molecule has 1 aromatic carbocycles. The molecule has 0 aliphatic carbocycles. The van der Waals surface area contributed by atoms with Crippen molar-refractivity contribution in [2.75, 3.05) is 20.1 Å². The van der Waals surface area contributed by atoms with E-state index in [-0.39, 0.29) is 0 Å². The van der Waals surface area contributed by atoms with Gasteiger partial charge in [-0.1, -0.05) is 16.8 Å². The maximum atomic E-state index is 5.91. The number of hydrogen-bond donors (Lipinski definition) is 1. The SMILES string of the molecule is CN1CCC(n2cc(-c3nc(-c4ccc(Cl)cc4)n[nH]3)nn2)CC1. The lowest BCUT2D eigenvalue weighted by Gasteiger charge is -2.28. The fourth-order valence-corrected chi connectivity index (χ4v) is 3.05. The molecule has 0 bridgehead atoms. The molecule has 0 radical (unpaired) electrons. The second-order valence-electron chi connectivity index (χ2n) is 6.13. The average molecular weight is 344 g/mol. The summed E-state index contributed by atoms with van der Waals surface area (Å²) in [5, 5.41) is 16.4. The van der Waals surface area contributed by atoms with Crippen molar-refractivity contribution in [2.45, 2.75) is 18.9 Å². The first kappa shape index (κ1) is 15.3. The van der Waals surface area contributed by atoms with Crippen LogP contribution >= 0.6 is 11.6 Å². The second kappa shape index (κ2) is 6.33. The number of aromatic nitrogens is 6. The number of rotatable bonds is 3. The van der Waals surface area contributed by atoms with Crippen LogP contribution in [0, 0.1) is 0 Å². The molecule has 0 amide bonds. The van der Waals surface area contributed by atoms with Crippen LogP contribution in [0.15, 0.2) is 30.5 Å². The zero-order chi connectivity index (χ0) is 16.5. The van der Waals surface area contributed by atoms with Gasteiger partial charge in [-0.3, -0.25) is 5.10 Å². The van der Waals surface area contributed by atoms with Crippen molar-refractivity contribution in [3.63, 3.8) is 0 Å². The number of hydrogen-bond acceptors (Lipinski definition) is 5. The molecular formula is C16H18ClN7. The molecule has 1 N–H and O–H groups in total. The summed E-state index contributed by atoms with van der Waals surface area (Å²) in [6, 6.07) is 7.84. The molecule has 0 unspecified atom stereocenters. The Bertz CT molecular complexity index is 815. The predicted octanol–water partition coefficient (Wildman–Crippen LogP) is 2.65. The Balaban J connectivity index is 1.54. The van der Waals surface area contributed by atoms with Gasteiger partial charge in [0.05, 0.1) is 12.2 Å². The fraction of sp³-hybridized carbons (Fsp3) is 0.375. The van der Waals surface area contributed by atoms with Gasteiger partial charge in [0.2, 0.25) is 0 Å². The van der Waals surface area contributed by atoms with Gasteiger partial charge >= 0.3 is 0 Å². The molecule has 1 aliphatic rings. The number of likely N-dealkylation sites (tertiary alicyclic amines) is 1. The van der Waals surface area contributed by atoms with Gasteiger partial charge in [-0.2, -0.15) is 5.10 Å². The highest BCUT2D eigenvalue weighted by Crippen LogP contribution is 2.24. The van der Waals surface area contributed by atoms with Gasteiger partial charge in [-0.05, 0) is 57.2 Å². The molecule has 0 saturated carbocycles. The van der Waals surface area contributed by atoms with Crippen LogP contribution in [0.5, 0.6) is 0 Å². The minimum absolute atomic E-state index is 0.404. The van der Waals surface area contributed by atoms with E-state index in [0.29, 0.717) is 28.4 Å². The molecule has 0 spiro atoms. The zero-order valence-corrected chi connectivity index (χ0v) is 14.1. The van der Waals surface area contributed by atoms with Crippen molar-refractivity contribution in [3.05, 3.63) is 35.5 Å². The summed E-state index contributed by atoms with van der Waals surface area (Å²) in [5.41, 5.74) is 1.62. The van der Waals surface area contributed by atoms with Gasteiger partial charge in [0, 0.05) is 10.6 Å². The first-order chi connectivity index (χ1) is 11.7. The molecule has 3 heterocycles. The molecule has 7 nitrogen and oxygen atoms in total. The van der Waals surface area contributed by atoms with Crippen LogP contribution in [0.25, 0.3) is 22.9 Å². The molecule has 3 aromatic rings. The van der Waals surface area contributed by atoms with Gasteiger partial charge in [0.15, 0.2) is 11.6 Å². The molecule has 1 saturated heterocycles. The van der Waals surface area contributed by atoms with Crippen LogP contribution < -0.4 is 0 Å². The van der Waals surface area contributed by atoms with Crippen LogP contribution in [0.3, 0.4) is 0 Å². The maximum absolute atomic E-state index is 5.91. The topological polar surface area (TPSA) is 75.5 Å². The van der Waals surface area contributed by atoms with Crippen molar-refractivity contribution < 1.29 is 0 Å². The predicted molar refractivity (Wildman–Crippen MR) is 91.6 cm³/mol. The van der Waals surface area contributed by atoms with E-state index < -0.39 is 0 Å². The molecule has 1 aliphatic heterocycles. The Morgan fingerprint density at radius 3 is 2.67 bits per heavy atom. The second-order valence-corrected chi connectivity index (χ2v) is 6.57. The highest BCUT2D eigenvalue weighted by atomic mass is 35.5. The van der Waals surface area contributed by atoms with E-state index >= 15 is 0 Å². The number of piperidine rings is 1. The van der Waals surface area contributed by atoms with E-state index in [9.17, 15) is 0 Å². The molecule has 0 atom stereocenters. The Hall–Kier alpha value is -2.25. The van der Waals surface area contributed by atoms with Gasteiger partial charge in [0.1, 0.15) is 5.69 Å². The van der Waals surface area contributed by atoms with Gasteiger partial charge in [-0.15, -0.1) is 5.10 Å². The molecule has 1 fully saturated rings.